The summed E-state index contributed by atoms with van der Waals surface area (Å²) in [4.78, 5) is 16.3. The van der Waals surface area contributed by atoms with Crippen LogP contribution in [0.5, 0.6) is 5.75 Å². The largest absolute Gasteiger partial charge is 0.489 e. The Morgan fingerprint density at radius 3 is 2.54 bits per heavy atom. The summed E-state index contributed by atoms with van der Waals surface area (Å²) < 4.78 is 15.9. The molecule has 0 aliphatic heterocycles. The zero-order valence-electron chi connectivity index (χ0n) is 14.6. The van der Waals surface area contributed by atoms with Crippen LogP contribution in [0.15, 0.2) is 59.1 Å². The van der Waals surface area contributed by atoms with Crippen LogP contribution in [-0.4, -0.2) is 16.1 Å². The van der Waals surface area contributed by atoms with Gasteiger partial charge >= 0.3 is 5.97 Å². The number of nitrogens with zero attached hydrogens (tertiary/aromatic N) is 2. The van der Waals surface area contributed by atoms with Crippen molar-refractivity contribution in [2.45, 2.75) is 33.0 Å². The monoisotopic (exact) mass is 352 g/mol. The molecule has 0 radical (unpaired) electrons. The molecule has 0 fully saturated rings. The first-order valence-corrected chi connectivity index (χ1v) is 8.50. The molecule has 3 aromatic rings. The second-order valence-corrected chi connectivity index (χ2v) is 5.73. The molecule has 0 saturated carbocycles. The number of aryl methyl sites for hydroxylation is 1. The Kier molecular flexibility index (Phi) is 5.98. The maximum absolute atomic E-state index is 12.1. The second kappa shape index (κ2) is 8.80. The van der Waals surface area contributed by atoms with Gasteiger partial charge in [-0.25, -0.2) is 4.79 Å². The van der Waals surface area contributed by atoms with Crippen LogP contribution in [0.2, 0.25) is 0 Å². The van der Waals surface area contributed by atoms with Gasteiger partial charge in [-0.3, -0.25) is 0 Å². The van der Waals surface area contributed by atoms with Gasteiger partial charge in [0, 0.05) is 6.42 Å². The molecule has 26 heavy (non-hydrogen) atoms. The SMILES string of the molecule is CCCc1noc(COC(=O)c2ccc(COc3ccccc3)cc2)n1. The van der Waals surface area contributed by atoms with Gasteiger partial charge in [-0.05, 0) is 36.2 Å². The number of benzene rings is 2. The van der Waals surface area contributed by atoms with Gasteiger partial charge in [-0.15, -0.1) is 0 Å². The highest BCUT2D eigenvalue weighted by atomic mass is 16.6. The van der Waals surface area contributed by atoms with Crippen LogP contribution in [0, 0.1) is 0 Å². The number of rotatable bonds is 8. The molecule has 1 heterocycles. The molecular weight excluding hydrogens is 332 g/mol. The van der Waals surface area contributed by atoms with Gasteiger partial charge in [0.25, 0.3) is 5.89 Å². The Morgan fingerprint density at radius 2 is 1.81 bits per heavy atom. The molecule has 0 bridgehead atoms. The van der Waals surface area contributed by atoms with Crippen molar-refractivity contribution in [1.82, 2.24) is 10.1 Å². The summed E-state index contributed by atoms with van der Waals surface area (Å²) in [6.07, 6.45) is 1.67. The molecule has 134 valence electrons. The van der Waals surface area contributed by atoms with Crippen LogP contribution in [-0.2, 0) is 24.4 Å². The molecule has 3 rings (SSSR count). The van der Waals surface area contributed by atoms with Crippen LogP contribution < -0.4 is 4.74 Å². The summed E-state index contributed by atoms with van der Waals surface area (Å²) in [5, 5.41) is 3.82. The first kappa shape index (κ1) is 17.7. The lowest BCUT2D eigenvalue weighted by Gasteiger charge is -2.07. The van der Waals surface area contributed by atoms with Crippen molar-refractivity contribution < 1.29 is 18.8 Å². The molecule has 1 aromatic heterocycles. The standard InChI is InChI=1S/C20H20N2O4/c1-2-6-18-21-19(26-22-18)14-25-20(23)16-11-9-15(10-12-16)13-24-17-7-4-3-5-8-17/h3-5,7-12H,2,6,13-14H2,1H3. The summed E-state index contributed by atoms with van der Waals surface area (Å²) >= 11 is 0. The van der Waals surface area contributed by atoms with E-state index in [1.165, 1.54) is 0 Å². The lowest BCUT2D eigenvalue weighted by Crippen LogP contribution is -2.06. The Balaban J connectivity index is 1.49. The van der Waals surface area contributed by atoms with E-state index in [1.807, 2.05) is 49.4 Å². The van der Waals surface area contributed by atoms with Crippen molar-refractivity contribution in [2.75, 3.05) is 0 Å². The molecule has 6 heteroatoms. The molecule has 2 aromatic carbocycles. The third kappa shape index (κ3) is 4.92. The smallest absolute Gasteiger partial charge is 0.338 e. The van der Waals surface area contributed by atoms with Crippen molar-refractivity contribution in [3.05, 3.63) is 77.4 Å². The third-order valence-electron chi connectivity index (χ3n) is 3.65. The summed E-state index contributed by atoms with van der Waals surface area (Å²) in [7, 11) is 0. The van der Waals surface area contributed by atoms with E-state index < -0.39 is 5.97 Å². The fraction of sp³-hybridized carbons (Fsp3) is 0.250. The Labute approximate surface area is 151 Å². The predicted molar refractivity (Wildman–Crippen MR) is 94.6 cm³/mol. The van der Waals surface area contributed by atoms with Crippen molar-refractivity contribution in [3.63, 3.8) is 0 Å². The molecule has 0 spiro atoms. The molecular formula is C20H20N2O4. The van der Waals surface area contributed by atoms with Gasteiger partial charge in [-0.2, -0.15) is 4.98 Å². The molecule has 0 N–H and O–H groups in total. The quantitative estimate of drug-likeness (QED) is 0.571. The van der Waals surface area contributed by atoms with Crippen molar-refractivity contribution in [2.24, 2.45) is 0 Å². The highest BCUT2D eigenvalue weighted by Gasteiger charge is 2.11. The van der Waals surface area contributed by atoms with Crippen LogP contribution in [0.1, 0.15) is 41.0 Å². The number of ether oxygens (including phenoxy) is 2. The number of hydrogen-bond acceptors (Lipinski definition) is 6. The first-order valence-electron chi connectivity index (χ1n) is 8.50. The van der Waals surface area contributed by atoms with E-state index in [9.17, 15) is 4.79 Å². The minimum absolute atomic E-state index is 0.0333. The van der Waals surface area contributed by atoms with Gasteiger partial charge < -0.3 is 14.0 Å². The average Bonchev–Trinajstić information content (AvgIpc) is 3.13. The molecule has 0 saturated heterocycles. The minimum atomic E-state index is -0.434. The molecule has 0 atom stereocenters. The fourth-order valence-electron chi connectivity index (χ4n) is 2.30. The van der Waals surface area contributed by atoms with Crippen LogP contribution in [0.3, 0.4) is 0 Å². The van der Waals surface area contributed by atoms with Gasteiger partial charge in [0.05, 0.1) is 5.56 Å². The maximum atomic E-state index is 12.1. The molecule has 0 amide bonds. The van der Waals surface area contributed by atoms with Crippen LogP contribution in [0.4, 0.5) is 0 Å². The summed E-state index contributed by atoms with van der Waals surface area (Å²) in [6.45, 7) is 2.43. The fourth-order valence-corrected chi connectivity index (χ4v) is 2.30. The van der Waals surface area contributed by atoms with Gasteiger partial charge in [0.2, 0.25) is 0 Å². The van der Waals surface area contributed by atoms with E-state index in [0.717, 1.165) is 24.2 Å². The second-order valence-electron chi connectivity index (χ2n) is 5.73. The van der Waals surface area contributed by atoms with Crippen molar-refractivity contribution in [3.8, 4) is 5.75 Å². The highest BCUT2D eigenvalue weighted by molar-refractivity contribution is 5.89. The average molecular weight is 352 g/mol. The van der Waals surface area contributed by atoms with Crippen molar-refractivity contribution in [1.29, 1.82) is 0 Å². The number of esters is 1. The summed E-state index contributed by atoms with van der Waals surface area (Å²) in [6, 6.07) is 16.7. The predicted octanol–water partition coefficient (Wildman–Crippen LogP) is 3.96. The van der Waals surface area contributed by atoms with E-state index in [2.05, 4.69) is 10.1 Å². The zero-order valence-corrected chi connectivity index (χ0v) is 14.6. The van der Waals surface area contributed by atoms with E-state index >= 15 is 0 Å². The van der Waals surface area contributed by atoms with E-state index in [4.69, 9.17) is 14.0 Å². The number of aromatic nitrogens is 2. The zero-order chi connectivity index (χ0) is 18.2. The van der Waals surface area contributed by atoms with E-state index in [-0.39, 0.29) is 6.61 Å². The molecule has 0 aliphatic carbocycles. The van der Waals surface area contributed by atoms with Crippen LogP contribution in [0.25, 0.3) is 0 Å². The lowest BCUT2D eigenvalue weighted by molar-refractivity contribution is 0.0429. The number of para-hydroxylation sites is 1. The van der Waals surface area contributed by atoms with Gasteiger partial charge in [-0.1, -0.05) is 42.4 Å². The normalized spacial score (nSPS) is 10.5. The van der Waals surface area contributed by atoms with Gasteiger partial charge in [0.1, 0.15) is 12.4 Å². The number of hydrogen-bond donors (Lipinski definition) is 0. The first-order chi connectivity index (χ1) is 12.7. The number of carbonyl (C=O) groups is 1. The third-order valence-corrected chi connectivity index (χ3v) is 3.65. The number of carbonyl (C=O) groups excluding carboxylic acids is 1. The minimum Gasteiger partial charge on any atom is -0.489 e. The van der Waals surface area contributed by atoms with E-state index in [0.29, 0.717) is 23.9 Å². The maximum Gasteiger partial charge on any atom is 0.338 e. The summed E-state index contributed by atoms with van der Waals surface area (Å²) in [5.41, 5.74) is 1.42. The van der Waals surface area contributed by atoms with Crippen LogP contribution >= 0.6 is 0 Å². The molecule has 6 nitrogen and oxygen atoms in total. The summed E-state index contributed by atoms with van der Waals surface area (Å²) in [5.74, 6) is 1.30. The van der Waals surface area contributed by atoms with Gasteiger partial charge in [0.15, 0.2) is 12.4 Å². The van der Waals surface area contributed by atoms with Crippen molar-refractivity contribution >= 4 is 5.97 Å². The Bertz CT molecular complexity index is 829. The molecule has 0 unspecified atom stereocenters. The molecule has 0 aliphatic rings. The lowest BCUT2D eigenvalue weighted by atomic mass is 10.1. The topological polar surface area (TPSA) is 74.5 Å². The van der Waals surface area contributed by atoms with E-state index in [1.54, 1.807) is 12.1 Å². The highest BCUT2D eigenvalue weighted by Crippen LogP contribution is 2.13. The Hall–Kier alpha value is -3.15. The Morgan fingerprint density at radius 1 is 1.04 bits per heavy atom.